The van der Waals surface area contributed by atoms with Gasteiger partial charge in [0, 0.05) is 22.3 Å². The fourth-order valence-corrected chi connectivity index (χ4v) is 3.53. The Hall–Kier alpha value is -1.79. The average Bonchev–Trinajstić information content (AvgIpc) is 2.67. The number of benzene rings is 2. The van der Waals surface area contributed by atoms with Crippen molar-refractivity contribution < 1.29 is 9.59 Å². The van der Waals surface area contributed by atoms with E-state index < -0.39 is 0 Å². The van der Waals surface area contributed by atoms with Crippen molar-refractivity contribution in [2.24, 2.45) is 5.92 Å². The molecule has 0 radical (unpaired) electrons. The molecule has 0 bridgehead atoms. The van der Waals surface area contributed by atoms with Crippen LogP contribution in [0.3, 0.4) is 0 Å². The van der Waals surface area contributed by atoms with E-state index in [0.29, 0.717) is 46.7 Å². The van der Waals surface area contributed by atoms with E-state index in [0.717, 1.165) is 5.69 Å². The Morgan fingerprint density at radius 1 is 0.893 bits per heavy atom. The standard InChI is InChI=1S/C20H20Cl3N3O2/c21-14-1-3-15(4-2-14)25-20(28)13-7-9-26(10-8-13)12-19(27)24-16-5-6-17(22)18(23)11-16/h1-6,11,13H,7-10,12H2,(H,24,27)(H,25,28). The third-order valence-electron chi connectivity index (χ3n) is 4.64. The fraction of sp³-hybridized carbons (Fsp3) is 0.300. The highest BCUT2D eigenvalue weighted by molar-refractivity contribution is 6.42. The lowest BCUT2D eigenvalue weighted by atomic mass is 9.96. The molecular formula is C20H20Cl3N3O2. The van der Waals surface area contributed by atoms with Gasteiger partial charge in [0.25, 0.3) is 0 Å². The highest BCUT2D eigenvalue weighted by Crippen LogP contribution is 2.25. The highest BCUT2D eigenvalue weighted by atomic mass is 35.5. The lowest BCUT2D eigenvalue weighted by Gasteiger charge is -2.30. The van der Waals surface area contributed by atoms with Gasteiger partial charge in [0.1, 0.15) is 0 Å². The minimum Gasteiger partial charge on any atom is -0.326 e. The minimum absolute atomic E-state index is 0.00206. The van der Waals surface area contributed by atoms with Gasteiger partial charge in [-0.1, -0.05) is 34.8 Å². The molecular weight excluding hydrogens is 421 g/mol. The molecule has 5 nitrogen and oxygen atoms in total. The first-order chi connectivity index (χ1) is 13.4. The lowest BCUT2D eigenvalue weighted by molar-refractivity contribution is -0.121. The van der Waals surface area contributed by atoms with Crippen molar-refractivity contribution >= 4 is 58.0 Å². The Morgan fingerprint density at radius 3 is 2.18 bits per heavy atom. The summed E-state index contributed by atoms with van der Waals surface area (Å²) in [6, 6.07) is 12.0. The largest absolute Gasteiger partial charge is 0.326 e. The summed E-state index contributed by atoms with van der Waals surface area (Å²) in [5.74, 6) is -0.185. The Bertz CT molecular complexity index is 850. The zero-order valence-electron chi connectivity index (χ0n) is 15.1. The maximum atomic E-state index is 12.4. The van der Waals surface area contributed by atoms with Crippen LogP contribution >= 0.6 is 34.8 Å². The molecule has 1 heterocycles. The van der Waals surface area contributed by atoms with Gasteiger partial charge in [-0.05, 0) is 68.4 Å². The maximum Gasteiger partial charge on any atom is 0.238 e. The van der Waals surface area contributed by atoms with E-state index in [1.54, 1.807) is 42.5 Å². The SMILES string of the molecule is O=C(CN1CCC(C(=O)Nc2ccc(Cl)cc2)CC1)Nc1ccc(Cl)c(Cl)c1. The zero-order chi connectivity index (χ0) is 20.1. The van der Waals surface area contributed by atoms with Gasteiger partial charge in [0.15, 0.2) is 0 Å². The molecule has 28 heavy (non-hydrogen) atoms. The van der Waals surface area contributed by atoms with Gasteiger partial charge in [-0.15, -0.1) is 0 Å². The molecule has 1 saturated heterocycles. The van der Waals surface area contributed by atoms with Crippen LogP contribution in [0.1, 0.15) is 12.8 Å². The Balaban J connectivity index is 1.44. The number of rotatable bonds is 5. The Kier molecular flexibility index (Phi) is 7.18. The van der Waals surface area contributed by atoms with E-state index >= 15 is 0 Å². The number of nitrogens with zero attached hydrogens (tertiary/aromatic N) is 1. The molecule has 3 rings (SSSR count). The summed E-state index contributed by atoms with van der Waals surface area (Å²) in [4.78, 5) is 26.7. The average molecular weight is 441 g/mol. The van der Waals surface area contributed by atoms with Crippen molar-refractivity contribution in [1.82, 2.24) is 4.90 Å². The van der Waals surface area contributed by atoms with Gasteiger partial charge in [0.2, 0.25) is 11.8 Å². The Labute approximate surface area is 178 Å². The molecule has 2 aromatic carbocycles. The molecule has 0 unspecified atom stereocenters. The summed E-state index contributed by atoms with van der Waals surface area (Å²) in [5, 5.41) is 7.20. The first kappa shape index (κ1) is 20.9. The summed E-state index contributed by atoms with van der Waals surface area (Å²) in [6.45, 7) is 1.65. The normalized spacial score (nSPS) is 15.2. The van der Waals surface area contributed by atoms with Gasteiger partial charge < -0.3 is 10.6 Å². The van der Waals surface area contributed by atoms with E-state index in [1.807, 2.05) is 4.90 Å². The third-order valence-corrected chi connectivity index (χ3v) is 5.63. The van der Waals surface area contributed by atoms with Crippen LogP contribution in [0.4, 0.5) is 11.4 Å². The van der Waals surface area contributed by atoms with E-state index in [-0.39, 0.29) is 24.3 Å². The van der Waals surface area contributed by atoms with Crippen LogP contribution in [-0.4, -0.2) is 36.3 Å². The van der Waals surface area contributed by atoms with Crippen molar-refractivity contribution in [3.8, 4) is 0 Å². The maximum absolute atomic E-state index is 12.4. The van der Waals surface area contributed by atoms with Crippen LogP contribution in [0.25, 0.3) is 0 Å². The zero-order valence-corrected chi connectivity index (χ0v) is 17.3. The van der Waals surface area contributed by atoms with Crippen molar-refractivity contribution in [2.45, 2.75) is 12.8 Å². The molecule has 8 heteroatoms. The van der Waals surface area contributed by atoms with Crippen LogP contribution in [-0.2, 0) is 9.59 Å². The van der Waals surface area contributed by atoms with Crippen LogP contribution < -0.4 is 10.6 Å². The molecule has 2 N–H and O–H groups in total. The van der Waals surface area contributed by atoms with E-state index in [2.05, 4.69) is 10.6 Å². The predicted octanol–water partition coefficient (Wildman–Crippen LogP) is 4.94. The summed E-state index contributed by atoms with van der Waals surface area (Å²) in [6.07, 6.45) is 1.42. The number of nitrogens with one attached hydrogen (secondary N) is 2. The predicted molar refractivity (Wildman–Crippen MR) is 114 cm³/mol. The van der Waals surface area contributed by atoms with Crippen molar-refractivity contribution in [3.05, 3.63) is 57.5 Å². The second kappa shape index (κ2) is 9.61. The van der Waals surface area contributed by atoms with Gasteiger partial charge >= 0.3 is 0 Å². The molecule has 1 aliphatic rings. The quantitative estimate of drug-likeness (QED) is 0.692. The first-order valence-corrected chi connectivity index (χ1v) is 10.1. The van der Waals surface area contributed by atoms with Crippen molar-refractivity contribution in [3.63, 3.8) is 0 Å². The van der Waals surface area contributed by atoms with Gasteiger partial charge in [0.05, 0.1) is 16.6 Å². The number of carbonyl (C=O) groups is 2. The molecule has 2 amide bonds. The minimum atomic E-state index is -0.123. The number of hydrogen-bond acceptors (Lipinski definition) is 3. The molecule has 0 aliphatic carbocycles. The molecule has 0 spiro atoms. The lowest BCUT2D eigenvalue weighted by Crippen LogP contribution is -2.41. The van der Waals surface area contributed by atoms with Crippen LogP contribution in [0.15, 0.2) is 42.5 Å². The van der Waals surface area contributed by atoms with Gasteiger partial charge in [-0.2, -0.15) is 0 Å². The molecule has 0 atom stereocenters. The summed E-state index contributed by atoms with van der Waals surface area (Å²) in [5.41, 5.74) is 1.34. The Morgan fingerprint density at radius 2 is 1.54 bits per heavy atom. The molecule has 148 valence electrons. The summed E-state index contributed by atoms with van der Waals surface area (Å²) in [7, 11) is 0. The van der Waals surface area contributed by atoms with Crippen LogP contribution in [0.5, 0.6) is 0 Å². The summed E-state index contributed by atoms with van der Waals surface area (Å²) >= 11 is 17.7. The monoisotopic (exact) mass is 439 g/mol. The molecule has 1 fully saturated rings. The molecule has 0 saturated carbocycles. The molecule has 2 aromatic rings. The smallest absolute Gasteiger partial charge is 0.238 e. The second-order valence-corrected chi connectivity index (χ2v) is 7.97. The van der Waals surface area contributed by atoms with E-state index in [1.165, 1.54) is 0 Å². The number of halogens is 3. The number of likely N-dealkylation sites (tertiary alicyclic amines) is 1. The fourth-order valence-electron chi connectivity index (χ4n) is 3.11. The third kappa shape index (κ3) is 5.85. The van der Waals surface area contributed by atoms with E-state index in [9.17, 15) is 9.59 Å². The van der Waals surface area contributed by atoms with E-state index in [4.69, 9.17) is 34.8 Å². The van der Waals surface area contributed by atoms with Gasteiger partial charge in [-0.25, -0.2) is 0 Å². The summed E-state index contributed by atoms with van der Waals surface area (Å²) < 4.78 is 0. The number of anilines is 2. The van der Waals surface area contributed by atoms with Crippen LogP contribution in [0.2, 0.25) is 15.1 Å². The number of amides is 2. The second-order valence-electron chi connectivity index (χ2n) is 6.72. The van der Waals surface area contributed by atoms with Gasteiger partial charge in [-0.3, -0.25) is 14.5 Å². The number of piperidine rings is 1. The first-order valence-electron chi connectivity index (χ1n) is 8.94. The molecule has 0 aromatic heterocycles. The molecule has 1 aliphatic heterocycles. The van der Waals surface area contributed by atoms with Crippen LogP contribution in [0, 0.1) is 5.92 Å². The number of carbonyl (C=O) groups excluding carboxylic acids is 2. The number of hydrogen-bond donors (Lipinski definition) is 2. The van der Waals surface area contributed by atoms with Crippen molar-refractivity contribution in [2.75, 3.05) is 30.3 Å². The highest BCUT2D eigenvalue weighted by Gasteiger charge is 2.26. The van der Waals surface area contributed by atoms with Crippen molar-refractivity contribution in [1.29, 1.82) is 0 Å². The topological polar surface area (TPSA) is 61.4 Å².